The standard InChI is InChI=1S/C16H19BO4/c1-11-5-4-6-12(2)16(11)21-10-13-7-8-15(20-3)14(9-13)17(18)19/h4-9,18-19H,10H2,1-3H3. The molecule has 0 saturated carbocycles. The van der Waals surface area contributed by atoms with Gasteiger partial charge in [-0.1, -0.05) is 30.3 Å². The van der Waals surface area contributed by atoms with Crippen LogP contribution in [0, 0.1) is 13.8 Å². The van der Waals surface area contributed by atoms with Gasteiger partial charge in [0.15, 0.2) is 0 Å². The Morgan fingerprint density at radius 3 is 2.29 bits per heavy atom. The van der Waals surface area contributed by atoms with Crippen LogP contribution < -0.4 is 14.9 Å². The predicted molar refractivity (Wildman–Crippen MR) is 83.1 cm³/mol. The SMILES string of the molecule is COc1ccc(COc2c(C)cccc2C)cc1B(O)O. The summed E-state index contributed by atoms with van der Waals surface area (Å²) in [5, 5.41) is 18.7. The maximum Gasteiger partial charge on any atom is 0.492 e. The first-order valence-corrected chi connectivity index (χ1v) is 6.75. The molecule has 2 rings (SSSR count). The molecule has 2 aromatic rings. The van der Waals surface area contributed by atoms with Gasteiger partial charge in [0.2, 0.25) is 0 Å². The normalized spacial score (nSPS) is 10.3. The Hall–Kier alpha value is -1.98. The molecule has 0 bridgehead atoms. The summed E-state index contributed by atoms with van der Waals surface area (Å²) in [6.45, 7) is 4.36. The molecule has 2 aromatic carbocycles. The van der Waals surface area contributed by atoms with Crippen molar-refractivity contribution >= 4 is 12.6 Å². The molecule has 0 atom stereocenters. The molecule has 0 aromatic heterocycles. The number of hydrogen-bond acceptors (Lipinski definition) is 4. The van der Waals surface area contributed by atoms with Gasteiger partial charge in [0.1, 0.15) is 18.1 Å². The van der Waals surface area contributed by atoms with E-state index in [0.717, 1.165) is 22.4 Å². The zero-order valence-electron chi connectivity index (χ0n) is 12.5. The van der Waals surface area contributed by atoms with E-state index < -0.39 is 7.12 Å². The largest absolute Gasteiger partial charge is 0.497 e. The Morgan fingerprint density at radius 2 is 1.71 bits per heavy atom. The van der Waals surface area contributed by atoms with Crippen LogP contribution in [0.15, 0.2) is 36.4 Å². The van der Waals surface area contributed by atoms with E-state index >= 15 is 0 Å². The average molecular weight is 286 g/mol. The minimum absolute atomic E-state index is 0.333. The lowest BCUT2D eigenvalue weighted by molar-refractivity contribution is 0.302. The first kappa shape index (κ1) is 15.4. The fourth-order valence-corrected chi connectivity index (χ4v) is 2.26. The van der Waals surface area contributed by atoms with E-state index in [4.69, 9.17) is 9.47 Å². The van der Waals surface area contributed by atoms with Gasteiger partial charge in [0, 0.05) is 5.46 Å². The van der Waals surface area contributed by atoms with Gasteiger partial charge in [-0.3, -0.25) is 0 Å². The third-order valence-electron chi connectivity index (χ3n) is 3.36. The number of ether oxygens (including phenoxy) is 2. The topological polar surface area (TPSA) is 58.9 Å². The van der Waals surface area contributed by atoms with Gasteiger partial charge in [-0.05, 0) is 36.6 Å². The molecular formula is C16H19BO4. The number of benzene rings is 2. The summed E-state index contributed by atoms with van der Waals surface area (Å²) in [5.41, 5.74) is 3.33. The fourth-order valence-electron chi connectivity index (χ4n) is 2.26. The van der Waals surface area contributed by atoms with Gasteiger partial charge in [0.05, 0.1) is 7.11 Å². The summed E-state index contributed by atoms with van der Waals surface area (Å²) >= 11 is 0. The summed E-state index contributed by atoms with van der Waals surface area (Å²) in [5.74, 6) is 1.31. The molecule has 4 nitrogen and oxygen atoms in total. The van der Waals surface area contributed by atoms with Crippen molar-refractivity contribution in [1.29, 1.82) is 0 Å². The summed E-state index contributed by atoms with van der Waals surface area (Å²) in [7, 11) is -0.0752. The zero-order valence-corrected chi connectivity index (χ0v) is 12.5. The van der Waals surface area contributed by atoms with Crippen LogP contribution in [-0.4, -0.2) is 24.3 Å². The van der Waals surface area contributed by atoms with Gasteiger partial charge in [-0.2, -0.15) is 0 Å². The molecule has 0 amide bonds. The summed E-state index contributed by atoms with van der Waals surface area (Å²) < 4.78 is 11.0. The molecule has 0 spiro atoms. The van der Waals surface area contributed by atoms with E-state index in [-0.39, 0.29) is 0 Å². The minimum Gasteiger partial charge on any atom is -0.497 e. The van der Waals surface area contributed by atoms with E-state index in [1.807, 2.05) is 38.1 Å². The third-order valence-corrected chi connectivity index (χ3v) is 3.36. The van der Waals surface area contributed by atoms with Crippen molar-refractivity contribution in [2.45, 2.75) is 20.5 Å². The van der Waals surface area contributed by atoms with Gasteiger partial charge < -0.3 is 19.5 Å². The average Bonchev–Trinajstić information content (AvgIpc) is 2.46. The molecule has 0 aliphatic heterocycles. The Labute approximate surface area is 125 Å². The van der Waals surface area contributed by atoms with Crippen molar-refractivity contribution < 1.29 is 19.5 Å². The minimum atomic E-state index is -1.57. The van der Waals surface area contributed by atoms with Crippen LogP contribution in [0.4, 0.5) is 0 Å². The van der Waals surface area contributed by atoms with Crippen molar-refractivity contribution in [1.82, 2.24) is 0 Å². The molecule has 2 N–H and O–H groups in total. The monoisotopic (exact) mass is 286 g/mol. The van der Waals surface area contributed by atoms with Crippen molar-refractivity contribution in [3.8, 4) is 11.5 Å². The molecule has 0 saturated heterocycles. The molecule has 0 unspecified atom stereocenters. The molecule has 0 heterocycles. The van der Waals surface area contributed by atoms with E-state index in [0.29, 0.717) is 17.8 Å². The number of para-hydroxylation sites is 1. The number of aryl methyl sites for hydroxylation is 2. The Balaban J connectivity index is 2.19. The Kier molecular flexibility index (Phi) is 4.88. The van der Waals surface area contributed by atoms with Crippen molar-refractivity contribution in [3.05, 3.63) is 53.1 Å². The van der Waals surface area contributed by atoms with Gasteiger partial charge in [0.25, 0.3) is 0 Å². The molecule has 0 radical (unpaired) electrons. The van der Waals surface area contributed by atoms with E-state index in [2.05, 4.69) is 0 Å². The maximum atomic E-state index is 9.37. The van der Waals surface area contributed by atoms with Crippen molar-refractivity contribution in [3.63, 3.8) is 0 Å². The highest BCUT2D eigenvalue weighted by atomic mass is 16.5. The van der Waals surface area contributed by atoms with Crippen LogP contribution in [0.2, 0.25) is 0 Å². The lowest BCUT2D eigenvalue weighted by atomic mass is 9.79. The van der Waals surface area contributed by atoms with E-state index in [9.17, 15) is 10.0 Å². The van der Waals surface area contributed by atoms with Gasteiger partial charge in [-0.25, -0.2) is 0 Å². The first-order valence-electron chi connectivity index (χ1n) is 6.75. The highest BCUT2D eigenvalue weighted by Crippen LogP contribution is 2.23. The smallest absolute Gasteiger partial charge is 0.492 e. The van der Waals surface area contributed by atoms with E-state index in [1.54, 1.807) is 12.1 Å². The molecule has 0 aliphatic rings. The quantitative estimate of drug-likeness (QED) is 0.819. The van der Waals surface area contributed by atoms with Crippen LogP contribution >= 0.6 is 0 Å². The Morgan fingerprint density at radius 1 is 1.05 bits per heavy atom. The lowest BCUT2D eigenvalue weighted by Gasteiger charge is -2.14. The molecule has 0 fully saturated rings. The van der Waals surface area contributed by atoms with Gasteiger partial charge in [-0.15, -0.1) is 0 Å². The second-order valence-corrected chi connectivity index (χ2v) is 4.96. The third kappa shape index (κ3) is 3.57. The van der Waals surface area contributed by atoms with Crippen LogP contribution in [-0.2, 0) is 6.61 Å². The van der Waals surface area contributed by atoms with Crippen LogP contribution in [0.5, 0.6) is 11.5 Å². The van der Waals surface area contributed by atoms with Crippen LogP contribution in [0.3, 0.4) is 0 Å². The van der Waals surface area contributed by atoms with Gasteiger partial charge >= 0.3 is 7.12 Å². The van der Waals surface area contributed by atoms with Crippen LogP contribution in [0.1, 0.15) is 16.7 Å². The molecular weight excluding hydrogens is 267 g/mol. The van der Waals surface area contributed by atoms with Crippen molar-refractivity contribution in [2.75, 3.05) is 7.11 Å². The molecule has 110 valence electrons. The number of rotatable bonds is 5. The summed E-state index contributed by atoms with van der Waals surface area (Å²) in [4.78, 5) is 0. The Bertz CT molecular complexity index is 605. The van der Waals surface area contributed by atoms with Crippen LogP contribution in [0.25, 0.3) is 0 Å². The predicted octanol–water partition coefficient (Wildman–Crippen LogP) is 1.57. The molecule has 0 aliphatic carbocycles. The second kappa shape index (κ2) is 6.65. The molecule has 21 heavy (non-hydrogen) atoms. The second-order valence-electron chi connectivity index (χ2n) is 4.96. The van der Waals surface area contributed by atoms with Crippen molar-refractivity contribution in [2.24, 2.45) is 0 Å². The zero-order chi connectivity index (χ0) is 15.4. The van der Waals surface area contributed by atoms with E-state index in [1.165, 1.54) is 7.11 Å². The number of hydrogen-bond donors (Lipinski definition) is 2. The maximum absolute atomic E-state index is 9.37. The fraction of sp³-hybridized carbons (Fsp3) is 0.250. The molecule has 5 heteroatoms. The first-order chi connectivity index (χ1) is 10.0. The lowest BCUT2D eigenvalue weighted by Crippen LogP contribution is -2.31. The highest BCUT2D eigenvalue weighted by molar-refractivity contribution is 6.59. The summed E-state index contributed by atoms with van der Waals surface area (Å²) in [6, 6.07) is 11.2. The highest BCUT2D eigenvalue weighted by Gasteiger charge is 2.17. The summed E-state index contributed by atoms with van der Waals surface area (Å²) in [6.07, 6.45) is 0. The number of methoxy groups -OCH3 is 1.